The molecule has 0 radical (unpaired) electrons. The fourth-order valence-corrected chi connectivity index (χ4v) is 6.70. The fourth-order valence-electron chi connectivity index (χ4n) is 4.01. The van der Waals surface area contributed by atoms with Crippen molar-refractivity contribution >= 4 is 43.5 Å². The Labute approximate surface area is 216 Å². The van der Waals surface area contributed by atoms with Crippen LogP contribution in [0.5, 0.6) is 0 Å². The average Bonchev–Trinajstić information content (AvgIpc) is 3.16. The van der Waals surface area contributed by atoms with Crippen LogP contribution < -0.4 is 4.80 Å². The number of amides is 1. The van der Waals surface area contributed by atoms with E-state index in [1.54, 1.807) is 11.5 Å². The van der Waals surface area contributed by atoms with Crippen LogP contribution in [0.25, 0.3) is 10.2 Å². The van der Waals surface area contributed by atoms with Crippen LogP contribution in [0.3, 0.4) is 0 Å². The van der Waals surface area contributed by atoms with Crippen molar-refractivity contribution in [2.45, 2.75) is 58.9 Å². The Morgan fingerprint density at radius 2 is 1.78 bits per heavy atom. The number of aryl methyl sites for hydroxylation is 2. The summed E-state index contributed by atoms with van der Waals surface area (Å²) in [5, 5.41) is 0. The molecule has 3 rings (SSSR count). The number of sulfonamides is 1. The van der Waals surface area contributed by atoms with Gasteiger partial charge in [0, 0.05) is 18.7 Å². The minimum atomic E-state index is -3.64. The largest absolute Gasteiger partial charge is 0.465 e. The van der Waals surface area contributed by atoms with Crippen molar-refractivity contribution in [2.24, 2.45) is 4.99 Å². The van der Waals surface area contributed by atoms with Gasteiger partial charge in [0.15, 0.2) is 4.80 Å². The van der Waals surface area contributed by atoms with Gasteiger partial charge in [0.1, 0.15) is 6.54 Å². The topological polar surface area (TPSA) is 98.0 Å². The summed E-state index contributed by atoms with van der Waals surface area (Å²) in [6.07, 6.45) is 1.68. The normalized spacial score (nSPS) is 12.4. The van der Waals surface area contributed by atoms with Gasteiger partial charge in [-0.15, -0.1) is 0 Å². The monoisotopic (exact) mass is 531 g/mol. The molecule has 0 saturated carbocycles. The van der Waals surface area contributed by atoms with Gasteiger partial charge in [-0.3, -0.25) is 9.59 Å². The molecule has 1 amide bonds. The van der Waals surface area contributed by atoms with Gasteiger partial charge in [-0.2, -0.15) is 9.30 Å². The summed E-state index contributed by atoms with van der Waals surface area (Å²) in [7, 11) is -3.64. The third-order valence-corrected chi connectivity index (χ3v) is 8.77. The number of carbonyl (C=O) groups excluding carboxylic acids is 2. The maximum absolute atomic E-state index is 13.0. The summed E-state index contributed by atoms with van der Waals surface area (Å²) in [6, 6.07) is 9.85. The number of nitrogens with zero attached hydrogens (tertiary/aromatic N) is 3. The Hall–Kier alpha value is -2.82. The molecule has 0 atom stereocenters. The number of ether oxygens (including phenoxy) is 1. The minimum absolute atomic E-state index is 0.0638. The van der Waals surface area contributed by atoms with Crippen molar-refractivity contribution in [2.75, 3.05) is 19.7 Å². The van der Waals surface area contributed by atoms with E-state index in [9.17, 15) is 18.0 Å². The van der Waals surface area contributed by atoms with E-state index in [-0.39, 0.29) is 23.6 Å². The summed E-state index contributed by atoms with van der Waals surface area (Å²) in [4.78, 5) is 30.2. The number of fused-ring (bicyclic) bond motifs is 1. The second-order valence-electron chi connectivity index (χ2n) is 8.50. The third kappa shape index (κ3) is 6.11. The number of benzene rings is 2. The van der Waals surface area contributed by atoms with E-state index in [4.69, 9.17) is 4.74 Å². The van der Waals surface area contributed by atoms with Crippen LogP contribution >= 0.6 is 11.3 Å². The van der Waals surface area contributed by atoms with Gasteiger partial charge in [-0.1, -0.05) is 37.7 Å². The zero-order valence-electron chi connectivity index (χ0n) is 21.4. The number of carbonyl (C=O) groups is 2. The highest BCUT2D eigenvalue weighted by Gasteiger charge is 2.23. The van der Waals surface area contributed by atoms with Crippen molar-refractivity contribution in [1.82, 2.24) is 8.87 Å². The van der Waals surface area contributed by atoms with Crippen molar-refractivity contribution in [3.8, 4) is 0 Å². The van der Waals surface area contributed by atoms with E-state index in [1.165, 1.54) is 39.9 Å². The molecule has 1 heterocycles. The molecule has 0 unspecified atom stereocenters. The van der Waals surface area contributed by atoms with Gasteiger partial charge in [0.05, 0.1) is 21.7 Å². The Bertz CT molecular complexity index is 1420. The smallest absolute Gasteiger partial charge is 0.326 e. The molecule has 0 bridgehead atoms. The van der Waals surface area contributed by atoms with Crippen LogP contribution in [0, 0.1) is 13.8 Å². The van der Waals surface area contributed by atoms with Crippen LogP contribution in [-0.2, 0) is 26.1 Å². The maximum Gasteiger partial charge on any atom is 0.326 e. The van der Waals surface area contributed by atoms with Gasteiger partial charge in [0.2, 0.25) is 10.0 Å². The van der Waals surface area contributed by atoms with E-state index in [1.807, 2.05) is 39.8 Å². The average molecular weight is 532 g/mol. The van der Waals surface area contributed by atoms with Gasteiger partial charge in [0.25, 0.3) is 5.91 Å². The van der Waals surface area contributed by atoms with E-state index in [2.05, 4.69) is 4.99 Å². The third-order valence-electron chi connectivity index (χ3n) is 5.75. The SMILES string of the molecule is CCCCN(CC)S(=O)(=O)c1ccc(C(=O)N=c2sc3cc(C)cc(C)c3n2CC(=O)OCC)cc1. The molecule has 36 heavy (non-hydrogen) atoms. The first kappa shape index (κ1) is 27.8. The number of rotatable bonds is 10. The molecule has 3 aromatic rings. The Kier molecular flexibility index (Phi) is 9.21. The fraction of sp³-hybridized carbons (Fsp3) is 0.423. The number of hydrogen-bond acceptors (Lipinski definition) is 6. The first-order valence-corrected chi connectivity index (χ1v) is 14.3. The van der Waals surface area contributed by atoms with Crippen LogP contribution in [0.2, 0.25) is 0 Å². The number of esters is 1. The van der Waals surface area contributed by atoms with Crippen molar-refractivity contribution in [3.05, 3.63) is 57.9 Å². The van der Waals surface area contributed by atoms with Crippen LogP contribution in [0.1, 0.15) is 55.1 Å². The molecule has 0 aliphatic heterocycles. The van der Waals surface area contributed by atoms with Gasteiger partial charge >= 0.3 is 5.97 Å². The zero-order valence-corrected chi connectivity index (χ0v) is 23.0. The zero-order chi connectivity index (χ0) is 26.5. The highest BCUT2D eigenvalue weighted by atomic mass is 32.2. The summed E-state index contributed by atoms with van der Waals surface area (Å²) in [5.74, 6) is -0.931. The molecule has 10 heteroatoms. The molecule has 0 fully saturated rings. The lowest BCUT2D eigenvalue weighted by atomic mass is 10.1. The molecule has 0 aliphatic rings. The molecule has 0 saturated heterocycles. The first-order chi connectivity index (χ1) is 17.1. The quantitative estimate of drug-likeness (QED) is 0.361. The van der Waals surface area contributed by atoms with Gasteiger partial charge in [-0.25, -0.2) is 8.42 Å². The molecule has 1 aromatic heterocycles. The second kappa shape index (κ2) is 11.9. The molecule has 0 spiro atoms. The molecule has 194 valence electrons. The minimum Gasteiger partial charge on any atom is -0.465 e. The molecule has 0 N–H and O–H groups in total. The first-order valence-electron chi connectivity index (χ1n) is 12.1. The lowest BCUT2D eigenvalue weighted by molar-refractivity contribution is -0.143. The molecule has 2 aromatic carbocycles. The Morgan fingerprint density at radius 1 is 1.08 bits per heavy atom. The Balaban J connectivity index is 1.99. The summed E-state index contributed by atoms with van der Waals surface area (Å²) in [6.45, 7) is 10.5. The van der Waals surface area contributed by atoms with Crippen LogP contribution in [0.15, 0.2) is 46.3 Å². The van der Waals surface area contributed by atoms with Crippen molar-refractivity contribution in [3.63, 3.8) is 0 Å². The summed E-state index contributed by atoms with van der Waals surface area (Å²) < 4.78 is 35.1. The number of thiazole rings is 1. The molecule has 8 nitrogen and oxygen atoms in total. The van der Waals surface area contributed by atoms with Crippen molar-refractivity contribution in [1.29, 1.82) is 0 Å². The summed E-state index contributed by atoms with van der Waals surface area (Å²) >= 11 is 1.32. The van der Waals surface area contributed by atoms with E-state index >= 15 is 0 Å². The van der Waals surface area contributed by atoms with E-state index in [0.717, 1.165) is 34.2 Å². The van der Waals surface area contributed by atoms with Crippen molar-refractivity contribution < 1.29 is 22.7 Å². The van der Waals surface area contributed by atoms with E-state index < -0.39 is 21.9 Å². The maximum atomic E-state index is 13.0. The lowest BCUT2D eigenvalue weighted by Gasteiger charge is -2.20. The molecule has 0 aliphatic carbocycles. The highest BCUT2D eigenvalue weighted by molar-refractivity contribution is 7.89. The Morgan fingerprint density at radius 3 is 2.39 bits per heavy atom. The predicted molar refractivity (Wildman–Crippen MR) is 142 cm³/mol. The second-order valence-corrected chi connectivity index (χ2v) is 11.4. The lowest BCUT2D eigenvalue weighted by Crippen LogP contribution is -2.31. The van der Waals surface area contributed by atoms with Gasteiger partial charge < -0.3 is 9.30 Å². The standard InChI is InChI=1S/C26H33N3O5S2/c1-6-9-14-28(7-2)36(32,33)21-12-10-20(11-13-21)25(31)27-26-29(17-23(30)34-8-3)24-19(5)15-18(4)16-22(24)35-26/h10-13,15-16H,6-9,14,17H2,1-5H3. The summed E-state index contributed by atoms with van der Waals surface area (Å²) in [5.41, 5.74) is 3.13. The molecular formula is C26H33N3O5S2. The van der Waals surface area contributed by atoms with Crippen LogP contribution in [0.4, 0.5) is 0 Å². The predicted octanol–water partition coefficient (Wildman–Crippen LogP) is 4.43. The molecular weight excluding hydrogens is 498 g/mol. The van der Waals surface area contributed by atoms with Gasteiger partial charge in [-0.05, 0) is 68.7 Å². The van der Waals surface area contributed by atoms with Crippen LogP contribution in [-0.4, -0.2) is 48.9 Å². The highest BCUT2D eigenvalue weighted by Crippen LogP contribution is 2.24. The number of hydrogen-bond donors (Lipinski definition) is 0. The van der Waals surface area contributed by atoms with E-state index in [0.29, 0.717) is 17.9 Å². The number of aromatic nitrogens is 1. The number of unbranched alkanes of at least 4 members (excludes halogenated alkanes) is 1.